The van der Waals surface area contributed by atoms with Crippen molar-refractivity contribution in [3.63, 3.8) is 0 Å². The Kier molecular flexibility index (Phi) is 9.71. The molecule has 14 nitrogen and oxygen atoms in total. The molecule has 7 aromatic rings. The highest BCUT2D eigenvalue weighted by molar-refractivity contribution is 5.64. The van der Waals surface area contributed by atoms with Crippen molar-refractivity contribution in [3.8, 4) is 80.5 Å². The van der Waals surface area contributed by atoms with Gasteiger partial charge in [0.15, 0.2) is 0 Å². The summed E-state index contributed by atoms with van der Waals surface area (Å²) in [4.78, 5) is 0. The first-order chi connectivity index (χ1) is 36.4. The zero-order chi connectivity index (χ0) is 54.2. The first-order valence-electron chi connectivity index (χ1n) is 26.1. The van der Waals surface area contributed by atoms with Gasteiger partial charge in [0.05, 0.1) is 0 Å². The molecular formula is C63H60O14. The van der Waals surface area contributed by atoms with Gasteiger partial charge in [0.1, 0.15) is 80.5 Å². The van der Waals surface area contributed by atoms with Crippen molar-refractivity contribution >= 4 is 0 Å². The van der Waals surface area contributed by atoms with E-state index in [1.165, 1.54) is 97.1 Å². The Morgan fingerprint density at radius 2 is 0.377 bits per heavy atom. The van der Waals surface area contributed by atoms with Crippen LogP contribution in [-0.2, 0) is 43.3 Å². The highest BCUT2D eigenvalue weighted by Gasteiger charge is 2.73. The number of phenols is 14. The summed E-state index contributed by atoms with van der Waals surface area (Å²) >= 11 is 0. The van der Waals surface area contributed by atoms with Gasteiger partial charge in [0, 0.05) is 87.8 Å². The summed E-state index contributed by atoms with van der Waals surface area (Å²) in [7, 11) is 0. The summed E-state index contributed by atoms with van der Waals surface area (Å²) in [5.74, 6) is -1.78. The first kappa shape index (κ1) is 48.4. The molecule has 7 aromatic carbocycles. The Bertz CT molecular complexity index is 3450. The van der Waals surface area contributed by atoms with E-state index in [9.17, 15) is 71.5 Å². The maximum atomic E-state index is 13.3. The Morgan fingerprint density at radius 3 is 0.584 bits per heavy atom. The van der Waals surface area contributed by atoms with E-state index in [-0.39, 0.29) is 158 Å². The third-order valence-corrected chi connectivity index (χ3v) is 20.0. The van der Waals surface area contributed by atoms with Crippen molar-refractivity contribution in [1.82, 2.24) is 0 Å². The first-order valence-corrected chi connectivity index (χ1v) is 26.1. The van der Waals surface area contributed by atoms with Gasteiger partial charge in [0.2, 0.25) is 0 Å². The Hall–Kier alpha value is -8.26. The Balaban J connectivity index is 1.07. The van der Waals surface area contributed by atoms with Gasteiger partial charge in [-0.25, -0.2) is 0 Å². The molecule has 8 bridgehead atoms. The predicted molar refractivity (Wildman–Crippen MR) is 282 cm³/mol. The number of phenolic OH excluding ortho intramolecular Hbond substituents is 14. The molecule has 0 aromatic heterocycles. The Morgan fingerprint density at radius 1 is 0.208 bits per heavy atom. The number of aryl methyl sites for hydroxylation is 1. The van der Waals surface area contributed by atoms with Crippen molar-refractivity contribution in [2.24, 2.45) is 0 Å². The normalized spacial score (nSPS) is 31.4. The number of benzene rings is 7. The van der Waals surface area contributed by atoms with Crippen LogP contribution in [0, 0.1) is 6.92 Å². The monoisotopic (exact) mass is 1040 g/mol. The number of rotatable bonds is 8. The van der Waals surface area contributed by atoms with Crippen molar-refractivity contribution in [3.05, 3.63) is 165 Å². The van der Waals surface area contributed by atoms with Crippen molar-refractivity contribution < 1.29 is 71.5 Å². The molecule has 2 unspecified atom stereocenters. The molecule has 14 heteroatoms. The Labute approximate surface area is 443 Å². The third kappa shape index (κ3) is 6.72. The van der Waals surface area contributed by atoms with Gasteiger partial charge in [-0.15, -0.1) is 0 Å². The summed E-state index contributed by atoms with van der Waals surface area (Å²) in [5.41, 5.74) is -5.52. The van der Waals surface area contributed by atoms with Gasteiger partial charge in [-0.2, -0.15) is 0 Å². The minimum absolute atomic E-state index is 0.0723. The van der Waals surface area contributed by atoms with E-state index in [1.54, 1.807) is 25.1 Å². The summed E-state index contributed by atoms with van der Waals surface area (Å²) in [6.45, 7) is 1.67. The fraction of sp³-hybridized carbons (Fsp3) is 0.333. The van der Waals surface area contributed by atoms with Crippen LogP contribution in [0.4, 0.5) is 0 Å². The van der Waals surface area contributed by atoms with Gasteiger partial charge < -0.3 is 71.5 Å². The van der Waals surface area contributed by atoms with Crippen LogP contribution in [0.2, 0.25) is 0 Å². The quantitative estimate of drug-likeness (QED) is 0.0631. The van der Waals surface area contributed by atoms with E-state index in [0.29, 0.717) is 50.1 Å². The summed E-state index contributed by atoms with van der Waals surface area (Å²) in [6, 6.07) is 27.7. The van der Waals surface area contributed by atoms with Gasteiger partial charge >= 0.3 is 0 Å². The number of hydrogen-bond acceptors (Lipinski definition) is 14. The molecule has 0 heterocycles. The lowest BCUT2D eigenvalue weighted by Crippen LogP contribution is -2.67. The third-order valence-electron chi connectivity index (χ3n) is 20.0. The largest absolute Gasteiger partial charge is 0.508 e. The van der Waals surface area contributed by atoms with Crippen molar-refractivity contribution in [2.45, 2.75) is 127 Å². The molecule has 8 aliphatic carbocycles. The molecule has 8 aliphatic rings. The van der Waals surface area contributed by atoms with Crippen molar-refractivity contribution in [2.75, 3.05) is 0 Å². The van der Waals surface area contributed by atoms with Crippen LogP contribution in [0.1, 0.15) is 127 Å². The van der Waals surface area contributed by atoms with E-state index in [0.717, 1.165) is 0 Å². The molecule has 0 spiro atoms. The number of hydrogen-bond donors (Lipinski definition) is 14. The number of aromatic hydroxyl groups is 14. The minimum atomic E-state index is -1.18. The average Bonchev–Trinajstić information content (AvgIpc) is 1.75. The summed E-state index contributed by atoms with van der Waals surface area (Å²) in [5, 5.41) is 165. The predicted octanol–water partition coefficient (Wildman–Crippen LogP) is 10.7. The fourth-order valence-corrected chi connectivity index (χ4v) is 18.8. The van der Waals surface area contributed by atoms with Crippen LogP contribution in [-0.4, -0.2) is 71.5 Å². The van der Waals surface area contributed by atoms with Crippen LogP contribution in [0.3, 0.4) is 0 Å². The lowest BCUT2D eigenvalue weighted by atomic mass is 9.31. The fourth-order valence-electron chi connectivity index (χ4n) is 18.8. The maximum Gasteiger partial charge on any atom is 0.119 e. The highest BCUT2D eigenvalue weighted by Crippen LogP contribution is 2.80. The molecule has 0 aliphatic heterocycles. The second-order valence-corrected chi connectivity index (χ2v) is 24.9. The van der Waals surface area contributed by atoms with E-state index in [2.05, 4.69) is 0 Å². The summed E-state index contributed by atoms with van der Waals surface area (Å²) in [6.07, 6.45) is 3.07. The van der Waals surface area contributed by atoms with Crippen molar-refractivity contribution in [1.29, 1.82) is 0 Å². The zero-order valence-corrected chi connectivity index (χ0v) is 42.2. The van der Waals surface area contributed by atoms with Crippen LogP contribution < -0.4 is 0 Å². The van der Waals surface area contributed by atoms with E-state index in [4.69, 9.17) is 0 Å². The lowest BCUT2D eigenvalue weighted by molar-refractivity contribution is -0.0736. The summed E-state index contributed by atoms with van der Waals surface area (Å²) < 4.78 is 0. The van der Waals surface area contributed by atoms with Gasteiger partial charge in [0.25, 0.3) is 0 Å². The van der Waals surface area contributed by atoms with E-state index >= 15 is 0 Å². The molecule has 14 N–H and O–H groups in total. The molecule has 396 valence electrons. The van der Waals surface area contributed by atoms with Crippen LogP contribution >= 0.6 is 0 Å². The molecule has 0 radical (unpaired) electrons. The second kappa shape index (κ2) is 15.5. The molecule has 2 atom stereocenters. The SMILES string of the molecule is Cc1cc(O)c(C23CC4(c5cc(O)ccc5O)CC(c5cc(O)ccc5O)(C2)CC(c2cc(O)c(C56CC7(c8cc(O)ccc8O)CC(c8cc(O)ccc8O)(CC(c8cc(O)ccc8O)(C7)C5)C6)cc2O)(C4)C3)cc1O. The molecule has 8 fully saturated rings. The van der Waals surface area contributed by atoms with E-state index < -0.39 is 43.3 Å². The van der Waals surface area contributed by atoms with Gasteiger partial charge in [-0.05, 0) is 205 Å². The minimum Gasteiger partial charge on any atom is -0.508 e. The maximum absolute atomic E-state index is 13.3. The smallest absolute Gasteiger partial charge is 0.119 e. The lowest BCUT2D eigenvalue weighted by Gasteiger charge is -2.72. The molecule has 8 saturated carbocycles. The molecule has 0 amide bonds. The molecule has 77 heavy (non-hydrogen) atoms. The molecular weight excluding hydrogens is 981 g/mol. The average molecular weight is 1040 g/mol. The highest BCUT2D eigenvalue weighted by atomic mass is 16.3. The van der Waals surface area contributed by atoms with Crippen LogP contribution in [0.5, 0.6) is 80.5 Å². The standard InChI is InChI=1S/C63H60O14/c1-33-12-53(75)44(18-52(33)74)61-25-59(42-16-37(67)5-10-50(42)72)24-60(26-61,43-17-38(68)6-11-51(43)73)31-63(30-59,32-61)46-20-54(76)45(19-55(46)77)62-27-56(39-13-34(64)2-7-47(39)69)21-57(28-62,40-14-35(65)3-8-48(40)70)23-58(22-56,29-62)41-15-36(66)4-9-49(41)71/h2-20,64-77H,21-32H2,1H3. The zero-order valence-electron chi connectivity index (χ0n) is 42.2. The molecule has 0 saturated heterocycles. The van der Waals surface area contributed by atoms with Gasteiger partial charge in [-0.1, -0.05) is 0 Å². The molecule has 15 rings (SSSR count). The van der Waals surface area contributed by atoms with E-state index in [1.807, 2.05) is 0 Å². The van der Waals surface area contributed by atoms with Crippen LogP contribution in [0.25, 0.3) is 0 Å². The van der Waals surface area contributed by atoms with Gasteiger partial charge in [-0.3, -0.25) is 0 Å². The second-order valence-electron chi connectivity index (χ2n) is 24.9. The van der Waals surface area contributed by atoms with Crippen LogP contribution in [0.15, 0.2) is 115 Å². The topological polar surface area (TPSA) is 283 Å².